The number of hydrogen-bond donors (Lipinski definition) is 3. The minimum atomic E-state index is -0.210. The van der Waals surface area contributed by atoms with Crippen LogP contribution in [0, 0.1) is 6.92 Å². The Bertz CT molecular complexity index is 1210. The molecule has 4 aromatic rings. The number of amides is 1. The van der Waals surface area contributed by atoms with E-state index in [1.807, 2.05) is 61.7 Å². The Labute approximate surface area is 189 Å². The van der Waals surface area contributed by atoms with E-state index in [4.69, 9.17) is 0 Å². The first-order valence-corrected chi connectivity index (χ1v) is 10.9. The van der Waals surface area contributed by atoms with Crippen molar-refractivity contribution in [3.8, 4) is 0 Å². The number of anilines is 1. The average Bonchev–Trinajstić information content (AvgIpc) is 3.19. The highest BCUT2D eigenvalue weighted by molar-refractivity contribution is 9.10. The summed E-state index contributed by atoms with van der Waals surface area (Å²) in [5.74, 6) is 0.217. The lowest BCUT2D eigenvalue weighted by Crippen LogP contribution is -2.36. The average molecular weight is 475 g/mol. The van der Waals surface area contributed by atoms with Crippen LogP contribution in [0.2, 0.25) is 0 Å². The minimum absolute atomic E-state index is 0.210. The molecule has 6 heteroatoms. The largest absolute Gasteiger partial charge is 0.361 e. The van der Waals surface area contributed by atoms with Crippen LogP contribution < -0.4 is 10.6 Å². The lowest BCUT2D eigenvalue weighted by atomic mass is 10.1. The van der Waals surface area contributed by atoms with E-state index < -0.39 is 0 Å². The fourth-order valence-corrected chi connectivity index (χ4v) is 3.56. The molecule has 0 radical (unpaired) electrons. The van der Waals surface area contributed by atoms with Gasteiger partial charge in [0.25, 0.3) is 5.91 Å². The fourth-order valence-electron chi connectivity index (χ4n) is 3.29. The first-order chi connectivity index (χ1) is 15.1. The van der Waals surface area contributed by atoms with Crippen molar-refractivity contribution in [3.63, 3.8) is 0 Å². The number of aliphatic imine (C=N–C) groups is 1. The smallest absolute Gasteiger partial charge is 0.257 e. The molecule has 156 valence electrons. The summed E-state index contributed by atoms with van der Waals surface area (Å²) in [4.78, 5) is 20.7. The van der Waals surface area contributed by atoms with Crippen LogP contribution in [-0.4, -0.2) is 23.4 Å². The summed E-state index contributed by atoms with van der Waals surface area (Å²) < 4.78 is 0.925. The van der Waals surface area contributed by atoms with Gasteiger partial charge in [-0.1, -0.05) is 51.8 Å². The lowest BCUT2D eigenvalue weighted by molar-refractivity contribution is 0.0977. The summed E-state index contributed by atoms with van der Waals surface area (Å²) in [6, 6.07) is 23.4. The molecule has 0 aliphatic rings. The zero-order valence-corrected chi connectivity index (χ0v) is 18.7. The maximum absolute atomic E-state index is 12.7. The Morgan fingerprint density at radius 1 is 1.00 bits per heavy atom. The molecule has 0 aliphatic heterocycles. The zero-order chi connectivity index (χ0) is 21.6. The summed E-state index contributed by atoms with van der Waals surface area (Å²) in [7, 11) is 0. The molecule has 1 heterocycles. The second kappa shape index (κ2) is 9.62. The van der Waals surface area contributed by atoms with E-state index in [1.165, 1.54) is 16.5 Å². The summed E-state index contributed by atoms with van der Waals surface area (Å²) in [6.07, 6.45) is 2.78. The minimum Gasteiger partial charge on any atom is -0.361 e. The Morgan fingerprint density at radius 2 is 1.74 bits per heavy atom. The van der Waals surface area contributed by atoms with Crippen molar-refractivity contribution in [2.45, 2.75) is 13.3 Å². The second-order valence-electron chi connectivity index (χ2n) is 7.29. The molecule has 4 rings (SSSR count). The first-order valence-electron chi connectivity index (χ1n) is 10.1. The molecule has 0 saturated carbocycles. The van der Waals surface area contributed by atoms with Crippen LogP contribution in [0.15, 0.2) is 88.5 Å². The third-order valence-corrected chi connectivity index (χ3v) is 5.51. The molecule has 0 fully saturated rings. The van der Waals surface area contributed by atoms with Gasteiger partial charge in [-0.05, 0) is 61.4 Å². The van der Waals surface area contributed by atoms with Crippen molar-refractivity contribution < 1.29 is 4.79 Å². The van der Waals surface area contributed by atoms with Crippen molar-refractivity contribution in [2.75, 3.05) is 11.9 Å². The van der Waals surface area contributed by atoms with Crippen molar-refractivity contribution in [2.24, 2.45) is 4.99 Å². The van der Waals surface area contributed by atoms with Crippen LogP contribution in [0.1, 0.15) is 21.5 Å². The topological polar surface area (TPSA) is 69.3 Å². The van der Waals surface area contributed by atoms with Gasteiger partial charge in [-0.3, -0.25) is 15.1 Å². The van der Waals surface area contributed by atoms with Gasteiger partial charge in [0.2, 0.25) is 5.96 Å². The molecule has 3 N–H and O–H groups in total. The van der Waals surface area contributed by atoms with E-state index in [-0.39, 0.29) is 5.91 Å². The van der Waals surface area contributed by atoms with Gasteiger partial charge < -0.3 is 10.3 Å². The van der Waals surface area contributed by atoms with Crippen LogP contribution in [0.4, 0.5) is 5.69 Å². The number of carbonyl (C=O) groups is 1. The molecule has 31 heavy (non-hydrogen) atoms. The number of fused-ring (bicyclic) bond motifs is 1. The predicted octanol–water partition coefficient (Wildman–Crippen LogP) is 5.68. The maximum atomic E-state index is 12.7. The number of para-hydroxylation sites is 1. The van der Waals surface area contributed by atoms with Crippen LogP contribution in [-0.2, 0) is 6.42 Å². The molecule has 1 aromatic heterocycles. The number of guanidine groups is 1. The fraction of sp³-hybridized carbons (Fsp3) is 0.120. The van der Waals surface area contributed by atoms with E-state index >= 15 is 0 Å². The number of hydrogen-bond acceptors (Lipinski definition) is 2. The molecule has 3 aromatic carbocycles. The van der Waals surface area contributed by atoms with E-state index in [0.717, 1.165) is 22.1 Å². The molecular weight excluding hydrogens is 452 g/mol. The number of aromatic nitrogens is 1. The molecule has 0 saturated heterocycles. The maximum Gasteiger partial charge on any atom is 0.257 e. The van der Waals surface area contributed by atoms with Crippen LogP contribution in [0.5, 0.6) is 0 Å². The quantitative estimate of drug-likeness (QED) is 0.257. The second-order valence-corrected chi connectivity index (χ2v) is 8.21. The van der Waals surface area contributed by atoms with Gasteiger partial charge in [-0.2, -0.15) is 0 Å². The highest BCUT2D eigenvalue weighted by Gasteiger charge is 2.10. The van der Waals surface area contributed by atoms with Crippen LogP contribution in [0.25, 0.3) is 10.9 Å². The third-order valence-electron chi connectivity index (χ3n) is 4.98. The van der Waals surface area contributed by atoms with Crippen molar-refractivity contribution in [1.29, 1.82) is 0 Å². The Kier molecular flexibility index (Phi) is 6.48. The Morgan fingerprint density at radius 3 is 2.52 bits per heavy atom. The van der Waals surface area contributed by atoms with Crippen molar-refractivity contribution in [3.05, 3.63) is 100 Å². The van der Waals surface area contributed by atoms with Crippen LogP contribution in [0.3, 0.4) is 0 Å². The summed E-state index contributed by atoms with van der Waals surface area (Å²) in [5.41, 5.74) is 4.92. The lowest BCUT2D eigenvalue weighted by Gasteiger charge is -2.12. The van der Waals surface area contributed by atoms with E-state index in [9.17, 15) is 4.79 Å². The van der Waals surface area contributed by atoms with Gasteiger partial charge in [0.15, 0.2) is 0 Å². The van der Waals surface area contributed by atoms with Gasteiger partial charge in [0.05, 0.1) is 0 Å². The number of benzene rings is 3. The number of nitrogens with zero attached hydrogens (tertiary/aromatic N) is 1. The number of rotatable bonds is 5. The third kappa shape index (κ3) is 5.41. The summed E-state index contributed by atoms with van der Waals surface area (Å²) in [6.45, 7) is 2.58. The van der Waals surface area contributed by atoms with Crippen molar-refractivity contribution >= 4 is 44.4 Å². The molecule has 0 bridgehead atoms. The normalized spacial score (nSPS) is 11.5. The molecule has 5 nitrogen and oxygen atoms in total. The number of nitrogens with one attached hydrogen (secondary N) is 3. The van der Waals surface area contributed by atoms with Gasteiger partial charge in [-0.25, -0.2) is 0 Å². The monoisotopic (exact) mass is 474 g/mol. The number of aryl methyl sites for hydroxylation is 1. The van der Waals surface area contributed by atoms with E-state index in [1.54, 1.807) is 12.1 Å². The molecule has 0 atom stereocenters. The molecule has 1 amide bonds. The Balaban J connectivity index is 1.51. The van der Waals surface area contributed by atoms with Crippen LogP contribution >= 0.6 is 15.9 Å². The number of aromatic amines is 1. The zero-order valence-electron chi connectivity index (χ0n) is 17.2. The standard InChI is InChI=1S/C25H23BrN4O/c1-17-6-12-21(13-7-17)29-25(30-24(31)18-8-10-20(26)11-9-18)27-15-14-19-16-28-23-5-3-2-4-22(19)23/h2-13,16,28H,14-15H2,1H3,(H2,27,29,30,31). The molecular formula is C25H23BrN4O. The summed E-state index contributed by atoms with van der Waals surface area (Å²) in [5, 5.41) is 7.35. The molecule has 0 aliphatic carbocycles. The number of carbonyl (C=O) groups excluding carboxylic acids is 1. The SMILES string of the molecule is Cc1ccc(NC(=NCCc2c[nH]c3ccccc23)NC(=O)c2ccc(Br)cc2)cc1. The molecule has 0 unspecified atom stereocenters. The predicted molar refractivity (Wildman–Crippen MR) is 131 cm³/mol. The van der Waals surface area contributed by atoms with Crippen molar-refractivity contribution in [1.82, 2.24) is 10.3 Å². The summed E-state index contributed by atoms with van der Waals surface area (Å²) >= 11 is 3.40. The number of H-pyrrole nitrogens is 1. The van der Waals surface area contributed by atoms with E-state index in [2.05, 4.69) is 48.7 Å². The molecule has 0 spiro atoms. The Hall–Kier alpha value is -3.38. The highest BCUT2D eigenvalue weighted by Crippen LogP contribution is 2.18. The van der Waals surface area contributed by atoms with Gasteiger partial charge in [0, 0.05) is 39.4 Å². The number of halogens is 1. The van der Waals surface area contributed by atoms with E-state index in [0.29, 0.717) is 18.1 Å². The highest BCUT2D eigenvalue weighted by atomic mass is 79.9. The first kappa shape index (κ1) is 20.9. The van der Waals surface area contributed by atoms with Gasteiger partial charge >= 0.3 is 0 Å². The van der Waals surface area contributed by atoms with Gasteiger partial charge in [-0.15, -0.1) is 0 Å². The van der Waals surface area contributed by atoms with Gasteiger partial charge in [0.1, 0.15) is 0 Å².